The molecule has 22 heavy (non-hydrogen) atoms. The van der Waals surface area contributed by atoms with Crippen LogP contribution in [0.25, 0.3) is 0 Å². The van der Waals surface area contributed by atoms with Crippen LogP contribution in [0.2, 0.25) is 0 Å². The predicted octanol–water partition coefficient (Wildman–Crippen LogP) is 3.33. The van der Waals surface area contributed by atoms with Gasteiger partial charge in [-0.1, -0.05) is 24.3 Å². The number of benzene rings is 1. The van der Waals surface area contributed by atoms with Gasteiger partial charge in [0.15, 0.2) is 5.78 Å². The maximum absolute atomic E-state index is 12.8. The Kier molecular flexibility index (Phi) is 5.28. The van der Waals surface area contributed by atoms with Crippen molar-refractivity contribution in [3.8, 4) is 0 Å². The zero-order chi connectivity index (χ0) is 16.2. The first-order valence-electron chi connectivity index (χ1n) is 6.69. The lowest BCUT2D eigenvalue weighted by Crippen LogP contribution is -2.30. The monoisotopic (exact) mass is 335 g/mol. The summed E-state index contributed by atoms with van der Waals surface area (Å²) in [6.45, 7) is 5.54. The van der Waals surface area contributed by atoms with Crippen LogP contribution in [0, 0.1) is 0 Å². The van der Waals surface area contributed by atoms with Crippen molar-refractivity contribution in [2.75, 3.05) is 6.54 Å². The Labute approximate surface area is 134 Å². The summed E-state index contributed by atoms with van der Waals surface area (Å²) in [5.41, 5.74) is 0.385. The highest BCUT2D eigenvalue weighted by Crippen LogP contribution is 2.21. The summed E-state index contributed by atoms with van der Waals surface area (Å²) < 4.78 is 26.9. The van der Waals surface area contributed by atoms with E-state index in [4.69, 9.17) is 0 Å². The highest BCUT2D eigenvalue weighted by atomic mass is 32.2. The van der Waals surface area contributed by atoms with E-state index in [0.717, 1.165) is 4.88 Å². The van der Waals surface area contributed by atoms with E-state index < -0.39 is 10.0 Å². The topological polar surface area (TPSA) is 54.5 Å². The van der Waals surface area contributed by atoms with Crippen LogP contribution in [-0.4, -0.2) is 25.1 Å². The Bertz CT molecular complexity index is 764. The predicted molar refractivity (Wildman–Crippen MR) is 88.6 cm³/mol. The lowest BCUT2D eigenvalue weighted by molar-refractivity contribution is 0.101. The Balaban J connectivity index is 2.38. The molecule has 0 aliphatic heterocycles. The molecule has 0 N–H and O–H groups in total. The smallest absolute Gasteiger partial charge is 0.243 e. The molecule has 1 aromatic heterocycles. The van der Waals surface area contributed by atoms with E-state index in [1.54, 1.807) is 18.2 Å². The molecule has 0 spiro atoms. The molecule has 1 heterocycles. The van der Waals surface area contributed by atoms with Crippen molar-refractivity contribution in [1.29, 1.82) is 0 Å². The first kappa shape index (κ1) is 16.6. The van der Waals surface area contributed by atoms with Gasteiger partial charge in [-0.25, -0.2) is 8.42 Å². The Morgan fingerprint density at radius 2 is 2.09 bits per heavy atom. The summed E-state index contributed by atoms with van der Waals surface area (Å²) in [6, 6.07) is 9.89. The Morgan fingerprint density at radius 1 is 1.32 bits per heavy atom. The highest BCUT2D eigenvalue weighted by molar-refractivity contribution is 7.89. The fourth-order valence-electron chi connectivity index (χ4n) is 1.99. The Hall–Kier alpha value is -1.76. The average Bonchev–Trinajstić information content (AvgIpc) is 3.00. The van der Waals surface area contributed by atoms with Gasteiger partial charge in [-0.2, -0.15) is 4.31 Å². The molecule has 0 saturated carbocycles. The largest absolute Gasteiger partial charge is 0.295 e. The second kappa shape index (κ2) is 7.00. The summed E-state index contributed by atoms with van der Waals surface area (Å²) >= 11 is 1.50. The second-order valence-electron chi connectivity index (χ2n) is 4.75. The molecule has 0 bridgehead atoms. The first-order valence-corrected chi connectivity index (χ1v) is 9.01. The number of ketones is 1. The Morgan fingerprint density at radius 3 is 2.68 bits per heavy atom. The molecule has 0 fully saturated rings. The van der Waals surface area contributed by atoms with Crippen LogP contribution in [0.5, 0.6) is 0 Å². The molecule has 1 aromatic carbocycles. The average molecular weight is 335 g/mol. The third-order valence-electron chi connectivity index (χ3n) is 3.12. The van der Waals surface area contributed by atoms with E-state index in [9.17, 15) is 13.2 Å². The number of Topliss-reactive ketones (excluding diaryl/α,β-unsaturated/α-hetero) is 1. The molecule has 0 amide bonds. The fourth-order valence-corrected chi connectivity index (χ4v) is 4.23. The summed E-state index contributed by atoms with van der Waals surface area (Å²) in [6.07, 6.45) is 1.56. The number of sulfonamides is 1. The number of hydrogen-bond acceptors (Lipinski definition) is 4. The lowest BCUT2D eigenvalue weighted by Gasteiger charge is -2.20. The van der Waals surface area contributed by atoms with Gasteiger partial charge in [0, 0.05) is 23.5 Å². The summed E-state index contributed by atoms with van der Waals surface area (Å²) in [7, 11) is -3.68. The molecule has 0 atom stereocenters. The zero-order valence-electron chi connectivity index (χ0n) is 12.2. The maximum Gasteiger partial charge on any atom is 0.243 e. The maximum atomic E-state index is 12.8. The van der Waals surface area contributed by atoms with Gasteiger partial charge in [0.05, 0.1) is 4.90 Å². The van der Waals surface area contributed by atoms with Crippen molar-refractivity contribution in [1.82, 2.24) is 4.31 Å². The van der Waals surface area contributed by atoms with E-state index in [-0.39, 0.29) is 23.8 Å². The molecule has 6 heteroatoms. The number of carbonyl (C=O) groups excluding carboxylic acids is 1. The van der Waals surface area contributed by atoms with E-state index in [0.29, 0.717) is 5.56 Å². The van der Waals surface area contributed by atoms with Gasteiger partial charge in [-0.05, 0) is 30.5 Å². The minimum absolute atomic E-state index is 0.124. The van der Waals surface area contributed by atoms with Crippen molar-refractivity contribution >= 4 is 27.1 Å². The van der Waals surface area contributed by atoms with Crippen LogP contribution in [0.1, 0.15) is 22.2 Å². The normalized spacial score (nSPS) is 11.5. The molecule has 0 unspecified atom stereocenters. The second-order valence-corrected chi connectivity index (χ2v) is 7.72. The van der Waals surface area contributed by atoms with E-state index in [1.807, 2.05) is 17.5 Å². The van der Waals surface area contributed by atoms with Gasteiger partial charge in [0.1, 0.15) is 0 Å². The van der Waals surface area contributed by atoms with Gasteiger partial charge in [-0.3, -0.25) is 4.79 Å². The summed E-state index contributed by atoms with van der Waals surface area (Å²) in [5, 5.41) is 1.91. The number of nitrogens with zero attached hydrogens (tertiary/aromatic N) is 1. The van der Waals surface area contributed by atoms with Gasteiger partial charge in [0.25, 0.3) is 0 Å². The zero-order valence-corrected chi connectivity index (χ0v) is 13.9. The van der Waals surface area contributed by atoms with Crippen LogP contribution < -0.4 is 0 Å². The quantitative estimate of drug-likeness (QED) is 0.576. The molecule has 2 aromatic rings. The number of thiophene rings is 1. The molecule has 0 aliphatic carbocycles. The third kappa shape index (κ3) is 3.71. The first-order chi connectivity index (χ1) is 10.4. The van der Waals surface area contributed by atoms with E-state index >= 15 is 0 Å². The number of hydrogen-bond donors (Lipinski definition) is 0. The summed E-state index contributed by atoms with van der Waals surface area (Å²) in [5.74, 6) is -0.162. The number of carbonyl (C=O) groups is 1. The molecule has 116 valence electrons. The van der Waals surface area contributed by atoms with Crippen molar-refractivity contribution in [3.63, 3.8) is 0 Å². The van der Waals surface area contributed by atoms with Crippen molar-refractivity contribution in [2.24, 2.45) is 0 Å². The molecular weight excluding hydrogens is 318 g/mol. The van der Waals surface area contributed by atoms with E-state index in [1.165, 1.54) is 34.7 Å². The lowest BCUT2D eigenvalue weighted by atomic mass is 10.2. The minimum Gasteiger partial charge on any atom is -0.295 e. The van der Waals surface area contributed by atoms with Crippen LogP contribution in [-0.2, 0) is 16.6 Å². The van der Waals surface area contributed by atoms with Crippen LogP contribution in [0.3, 0.4) is 0 Å². The number of rotatable bonds is 7. The van der Waals surface area contributed by atoms with Crippen molar-refractivity contribution < 1.29 is 13.2 Å². The van der Waals surface area contributed by atoms with Crippen LogP contribution >= 0.6 is 11.3 Å². The molecule has 0 radical (unpaired) electrons. The fraction of sp³-hybridized carbons (Fsp3) is 0.188. The molecular formula is C16H17NO3S2. The third-order valence-corrected chi connectivity index (χ3v) is 5.79. The van der Waals surface area contributed by atoms with Crippen molar-refractivity contribution in [3.05, 3.63) is 64.9 Å². The van der Waals surface area contributed by atoms with Crippen molar-refractivity contribution in [2.45, 2.75) is 18.4 Å². The van der Waals surface area contributed by atoms with Gasteiger partial charge < -0.3 is 0 Å². The molecule has 0 aliphatic rings. The SMILES string of the molecule is C=CCN(Cc1cccs1)S(=O)(=O)c1cccc(C(C)=O)c1. The molecule has 4 nitrogen and oxygen atoms in total. The minimum atomic E-state index is -3.68. The van der Waals surface area contributed by atoms with E-state index in [2.05, 4.69) is 6.58 Å². The van der Waals surface area contributed by atoms with Gasteiger partial charge >= 0.3 is 0 Å². The van der Waals surface area contributed by atoms with Crippen LogP contribution in [0.4, 0.5) is 0 Å². The molecule has 0 saturated heterocycles. The highest BCUT2D eigenvalue weighted by Gasteiger charge is 2.24. The van der Waals surface area contributed by atoms with Gasteiger partial charge in [-0.15, -0.1) is 17.9 Å². The summed E-state index contributed by atoms with van der Waals surface area (Å²) in [4.78, 5) is 12.5. The molecule has 2 rings (SSSR count). The van der Waals surface area contributed by atoms with Crippen LogP contribution in [0.15, 0.2) is 59.3 Å². The van der Waals surface area contributed by atoms with Gasteiger partial charge in [0.2, 0.25) is 10.0 Å². The standard InChI is InChI=1S/C16H17NO3S2/c1-3-9-17(12-15-7-5-10-21-15)22(19,20)16-8-4-6-14(11-16)13(2)18/h3-8,10-11H,1,9,12H2,2H3.